The number of rotatable bonds is 11. The lowest BCUT2D eigenvalue weighted by molar-refractivity contribution is -0.139. The molecular formula is C27H25N3O7. The summed E-state index contributed by atoms with van der Waals surface area (Å²) < 4.78 is 15.8. The Hall–Kier alpha value is -5.12. The molecular weight excluding hydrogens is 478 g/mol. The predicted molar refractivity (Wildman–Crippen MR) is 137 cm³/mol. The van der Waals surface area contributed by atoms with Crippen LogP contribution in [0, 0.1) is 0 Å². The highest BCUT2D eigenvalue weighted by Gasteiger charge is 2.15. The smallest absolute Gasteiger partial charge is 0.341 e. The number of benzene rings is 3. The minimum absolute atomic E-state index is 0.0753. The molecule has 2 amide bonds. The first-order chi connectivity index (χ1) is 17.9. The molecule has 0 aliphatic rings. The van der Waals surface area contributed by atoms with Gasteiger partial charge in [0.1, 0.15) is 11.4 Å². The highest BCUT2D eigenvalue weighted by Crippen LogP contribution is 2.28. The van der Waals surface area contributed by atoms with Crippen LogP contribution in [0.3, 0.4) is 0 Å². The zero-order valence-electron chi connectivity index (χ0n) is 20.1. The van der Waals surface area contributed by atoms with Crippen molar-refractivity contribution >= 4 is 30.1 Å². The maximum atomic E-state index is 13.0. The van der Waals surface area contributed by atoms with Crippen LogP contribution in [0.1, 0.15) is 21.5 Å². The second kappa shape index (κ2) is 13.1. The molecule has 0 aliphatic heterocycles. The van der Waals surface area contributed by atoms with Gasteiger partial charge in [0.25, 0.3) is 11.8 Å². The fourth-order valence-electron chi connectivity index (χ4n) is 3.13. The molecule has 0 fully saturated rings. The van der Waals surface area contributed by atoms with Gasteiger partial charge in [0.15, 0.2) is 18.1 Å². The Bertz CT molecular complexity index is 1320. The Morgan fingerprint density at radius 2 is 1.59 bits per heavy atom. The van der Waals surface area contributed by atoms with Crippen LogP contribution in [0.4, 0.5) is 0 Å². The summed E-state index contributed by atoms with van der Waals surface area (Å²) in [5.74, 6) is -1.08. The maximum Gasteiger partial charge on any atom is 0.341 e. The van der Waals surface area contributed by atoms with Gasteiger partial charge in [-0.2, -0.15) is 5.10 Å². The van der Waals surface area contributed by atoms with Gasteiger partial charge in [0.05, 0.1) is 20.4 Å². The van der Waals surface area contributed by atoms with E-state index in [1.54, 1.807) is 72.8 Å². The van der Waals surface area contributed by atoms with E-state index in [2.05, 4.69) is 15.8 Å². The van der Waals surface area contributed by atoms with Crippen molar-refractivity contribution in [2.45, 2.75) is 0 Å². The van der Waals surface area contributed by atoms with E-state index in [9.17, 15) is 14.4 Å². The Kier molecular flexibility index (Phi) is 9.38. The van der Waals surface area contributed by atoms with Crippen LogP contribution in [-0.4, -0.2) is 49.9 Å². The molecule has 0 saturated carbocycles. The van der Waals surface area contributed by atoms with Crippen LogP contribution >= 0.6 is 0 Å². The lowest BCUT2D eigenvalue weighted by Gasteiger charge is -2.11. The summed E-state index contributed by atoms with van der Waals surface area (Å²) in [4.78, 5) is 36.6. The molecule has 10 heteroatoms. The van der Waals surface area contributed by atoms with Crippen molar-refractivity contribution in [3.05, 3.63) is 95.2 Å². The first-order valence-electron chi connectivity index (χ1n) is 11.0. The molecule has 0 unspecified atom stereocenters. The highest BCUT2D eigenvalue weighted by atomic mass is 16.5. The van der Waals surface area contributed by atoms with Gasteiger partial charge in [-0.15, -0.1) is 0 Å². The zero-order chi connectivity index (χ0) is 26.6. The summed E-state index contributed by atoms with van der Waals surface area (Å²) >= 11 is 0. The number of carbonyl (C=O) groups excluding carboxylic acids is 2. The van der Waals surface area contributed by atoms with Crippen molar-refractivity contribution in [3.8, 4) is 17.2 Å². The van der Waals surface area contributed by atoms with Gasteiger partial charge in [0.2, 0.25) is 0 Å². The van der Waals surface area contributed by atoms with E-state index in [1.807, 2.05) is 0 Å². The van der Waals surface area contributed by atoms with Crippen molar-refractivity contribution in [2.24, 2.45) is 5.10 Å². The molecule has 3 N–H and O–H groups in total. The molecule has 10 nitrogen and oxygen atoms in total. The summed E-state index contributed by atoms with van der Waals surface area (Å²) in [5, 5.41) is 15.4. The molecule has 0 atom stereocenters. The van der Waals surface area contributed by atoms with Crippen molar-refractivity contribution in [1.82, 2.24) is 10.7 Å². The van der Waals surface area contributed by atoms with Gasteiger partial charge in [0, 0.05) is 11.1 Å². The van der Waals surface area contributed by atoms with Crippen LogP contribution in [0.25, 0.3) is 6.08 Å². The number of ether oxygens (including phenoxy) is 3. The van der Waals surface area contributed by atoms with Gasteiger partial charge in [-0.25, -0.2) is 10.2 Å². The van der Waals surface area contributed by atoms with E-state index in [-0.39, 0.29) is 11.4 Å². The Morgan fingerprint density at radius 3 is 2.30 bits per heavy atom. The van der Waals surface area contributed by atoms with Crippen LogP contribution in [0.15, 0.2) is 83.6 Å². The third-order valence-electron chi connectivity index (χ3n) is 4.89. The van der Waals surface area contributed by atoms with Crippen LogP contribution in [-0.2, 0) is 9.59 Å². The summed E-state index contributed by atoms with van der Waals surface area (Å²) in [6.45, 7) is -0.527. The number of para-hydroxylation sites is 1. The number of hydrazone groups is 1. The lowest BCUT2D eigenvalue weighted by atomic mass is 10.1. The van der Waals surface area contributed by atoms with Crippen LogP contribution < -0.4 is 25.0 Å². The molecule has 3 aromatic carbocycles. The number of carboxylic acids is 1. The molecule has 0 saturated heterocycles. The number of amides is 2. The first kappa shape index (κ1) is 26.5. The standard InChI is InChI=1S/C27H25N3O7/c1-35-23-13-12-18(15-24(23)36-2)14-21(29-26(33)19-8-4-3-5-9-19)27(34)30-28-16-20-10-6-7-11-22(20)37-17-25(31)32/h3-16H,17H2,1-2H3,(H,29,33)(H,30,34)(H,31,32)/b21-14+,28-16-. The molecule has 0 radical (unpaired) electrons. The molecule has 0 spiro atoms. The highest BCUT2D eigenvalue weighted by molar-refractivity contribution is 6.05. The summed E-state index contributed by atoms with van der Waals surface area (Å²) in [7, 11) is 3.00. The Morgan fingerprint density at radius 1 is 0.892 bits per heavy atom. The van der Waals surface area contributed by atoms with Crippen LogP contribution in [0.5, 0.6) is 17.2 Å². The minimum Gasteiger partial charge on any atom is -0.493 e. The van der Waals surface area contributed by atoms with Gasteiger partial charge in [-0.3, -0.25) is 9.59 Å². The number of nitrogens with zero attached hydrogens (tertiary/aromatic N) is 1. The van der Waals surface area contributed by atoms with Crippen molar-refractivity contribution < 1.29 is 33.7 Å². The third kappa shape index (κ3) is 7.69. The number of aliphatic carboxylic acids is 1. The average Bonchev–Trinajstić information content (AvgIpc) is 2.92. The number of nitrogens with one attached hydrogen (secondary N) is 2. The second-order valence-corrected chi connectivity index (χ2v) is 7.41. The largest absolute Gasteiger partial charge is 0.493 e. The van der Waals surface area contributed by atoms with Gasteiger partial charge >= 0.3 is 5.97 Å². The van der Waals surface area contributed by atoms with Crippen molar-refractivity contribution in [3.63, 3.8) is 0 Å². The molecule has 3 aromatic rings. The molecule has 3 rings (SSSR count). The van der Waals surface area contributed by atoms with E-state index in [4.69, 9.17) is 19.3 Å². The van der Waals surface area contributed by atoms with E-state index in [0.717, 1.165) is 0 Å². The van der Waals surface area contributed by atoms with Crippen LogP contribution in [0.2, 0.25) is 0 Å². The quantitative estimate of drug-likeness (QED) is 0.208. The summed E-state index contributed by atoms with van der Waals surface area (Å²) in [6.07, 6.45) is 2.78. The summed E-state index contributed by atoms with van der Waals surface area (Å²) in [5.41, 5.74) is 3.67. The maximum absolute atomic E-state index is 13.0. The zero-order valence-corrected chi connectivity index (χ0v) is 20.1. The average molecular weight is 504 g/mol. The van der Waals surface area contributed by atoms with E-state index < -0.39 is 24.4 Å². The predicted octanol–water partition coefficient (Wildman–Crippen LogP) is 3.09. The van der Waals surface area contributed by atoms with Crippen molar-refractivity contribution in [2.75, 3.05) is 20.8 Å². The fraction of sp³-hybridized carbons (Fsp3) is 0.111. The number of carbonyl (C=O) groups is 3. The van der Waals surface area contributed by atoms with Gasteiger partial charge in [-0.1, -0.05) is 36.4 Å². The minimum atomic E-state index is -1.13. The second-order valence-electron chi connectivity index (χ2n) is 7.41. The Balaban J connectivity index is 1.85. The van der Waals surface area contributed by atoms with Crippen molar-refractivity contribution in [1.29, 1.82) is 0 Å². The summed E-state index contributed by atoms with van der Waals surface area (Å²) in [6, 6.07) is 20.1. The van der Waals surface area contributed by atoms with E-state index >= 15 is 0 Å². The topological polar surface area (TPSA) is 136 Å². The first-order valence-corrected chi connectivity index (χ1v) is 11.0. The number of carboxylic acid groups (broad SMARTS) is 1. The molecule has 0 aromatic heterocycles. The number of hydrogen-bond donors (Lipinski definition) is 3. The fourth-order valence-corrected chi connectivity index (χ4v) is 3.13. The number of methoxy groups -OCH3 is 2. The lowest BCUT2D eigenvalue weighted by Crippen LogP contribution is -2.32. The third-order valence-corrected chi connectivity index (χ3v) is 4.89. The molecule has 0 bridgehead atoms. The van der Waals surface area contributed by atoms with Gasteiger partial charge in [-0.05, 0) is 48.0 Å². The number of hydrogen-bond acceptors (Lipinski definition) is 7. The molecule has 37 heavy (non-hydrogen) atoms. The SMILES string of the molecule is COc1ccc(/C=C(/NC(=O)c2ccccc2)C(=O)N/N=C\c2ccccc2OCC(=O)O)cc1OC. The monoisotopic (exact) mass is 503 g/mol. The van der Waals surface area contributed by atoms with E-state index in [1.165, 1.54) is 26.5 Å². The molecule has 0 aliphatic carbocycles. The van der Waals surface area contributed by atoms with Gasteiger partial charge < -0.3 is 24.6 Å². The molecule has 190 valence electrons. The van der Waals surface area contributed by atoms with E-state index in [0.29, 0.717) is 28.2 Å². The Labute approximate surface area is 213 Å². The molecule has 0 heterocycles. The normalized spacial score (nSPS) is 11.0.